The van der Waals surface area contributed by atoms with Crippen LogP contribution < -0.4 is 0 Å². The van der Waals surface area contributed by atoms with Crippen LogP contribution in [0.15, 0.2) is 36.9 Å². The lowest BCUT2D eigenvalue weighted by Crippen LogP contribution is -1.91. The van der Waals surface area contributed by atoms with Gasteiger partial charge in [0.05, 0.1) is 11.9 Å². The summed E-state index contributed by atoms with van der Waals surface area (Å²) in [6, 6.07) is 3.98. The summed E-state index contributed by atoms with van der Waals surface area (Å²) in [4.78, 5) is 4.08. The van der Waals surface area contributed by atoms with E-state index in [2.05, 4.69) is 17.8 Å². The Morgan fingerprint density at radius 2 is 2.29 bits per heavy atom. The molecular formula is C12H10N2. The maximum absolute atomic E-state index is 5.30. The highest BCUT2D eigenvalue weighted by Gasteiger charge is 1.97. The van der Waals surface area contributed by atoms with Crippen LogP contribution >= 0.6 is 0 Å². The van der Waals surface area contributed by atoms with Crippen LogP contribution in [0.4, 0.5) is 0 Å². The van der Waals surface area contributed by atoms with Gasteiger partial charge in [0.15, 0.2) is 0 Å². The van der Waals surface area contributed by atoms with Crippen LogP contribution in [0.1, 0.15) is 11.1 Å². The maximum atomic E-state index is 5.30. The summed E-state index contributed by atoms with van der Waals surface area (Å²) < 4.78 is 2.00. The quantitative estimate of drug-likeness (QED) is 0.618. The van der Waals surface area contributed by atoms with Crippen molar-refractivity contribution < 1.29 is 0 Å². The van der Waals surface area contributed by atoms with Crippen molar-refractivity contribution in [3.63, 3.8) is 0 Å². The van der Waals surface area contributed by atoms with Crippen LogP contribution in [0, 0.1) is 19.3 Å². The van der Waals surface area contributed by atoms with Gasteiger partial charge in [0.2, 0.25) is 0 Å². The van der Waals surface area contributed by atoms with E-state index in [0.717, 1.165) is 11.3 Å². The molecule has 2 heteroatoms. The SMILES string of the molecule is C#Cc1cncc(-n2ccc(C)c2)c1. The molecule has 2 heterocycles. The number of aryl methyl sites for hydroxylation is 1. The molecule has 2 aromatic heterocycles. The average Bonchev–Trinajstić information content (AvgIpc) is 2.65. The zero-order valence-corrected chi connectivity index (χ0v) is 7.94. The summed E-state index contributed by atoms with van der Waals surface area (Å²) in [7, 11) is 0. The molecule has 0 radical (unpaired) electrons. The molecule has 0 N–H and O–H groups in total. The zero-order valence-electron chi connectivity index (χ0n) is 7.94. The Morgan fingerprint density at radius 1 is 1.43 bits per heavy atom. The molecule has 0 spiro atoms. The first-order chi connectivity index (χ1) is 6.79. The Balaban J connectivity index is 2.47. The minimum atomic E-state index is 0.800. The first kappa shape index (κ1) is 8.58. The molecule has 68 valence electrons. The predicted octanol–water partition coefficient (Wildman–Crippen LogP) is 2.16. The second-order valence-corrected chi connectivity index (χ2v) is 3.17. The van der Waals surface area contributed by atoms with Gasteiger partial charge in [0.25, 0.3) is 0 Å². The Labute approximate surface area is 83.2 Å². The molecule has 0 unspecified atom stereocenters. The van der Waals surface area contributed by atoms with Crippen LogP contribution in [0.3, 0.4) is 0 Å². The monoisotopic (exact) mass is 182 g/mol. The fraction of sp³-hybridized carbons (Fsp3) is 0.0833. The van der Waals surface area contributed by atoms with Crippen LogP contribution in [0.2, 0.25) is 0 Å². The highest BCUT2D eigenvalue weighted by molar-refractivity contribution is 5.40. The van der Waals surface area contributed by atoms with Gasteiger partial charge in [-0.15, -0.1) is 6.42 Å². The molecule has 0 atom stereocenters. The molecular weight excluding hydrogens is 172 g/mol. The minimum absolute atomic E-state index is 0.800. The fourth-order valence-electron chi connectivity index (χ4n) is 1.31. The van der Waals surface area contributed by atoms with Crippen LogP contribution in [-0.4, -0.2) is 9.55 Å². The Morgan fingerprint density at radius 3 is 2.93 bits per heavy atom. The van der Waals surface area contributed by atoms with Gasteiger partial charge in [-0.1, -0.05) is 5.92 Å². The van der Waals surface area contributed by atoms with Crippen molar-refractivity contribution in [1.29, 1.82) is 0 Å². The minimum Gasteiger partial charge on any atom is -0.322 e. The van der Waals surface area contributed by atoms with E-state index in [9.17, 15) is 0 Å². The van der Waals surface area contributed by atoms with Crippen molar-refractivity contribution >= 4 is 0 Å². The molecule has 0 bridgehead atoms. The second kappa shape index (κ2) is 3.39. The molecule has 0 aliphatic carbocycles. The smallest absolute Gasteiger partial charge is 0.0646 e. The summed E-state index contributed by atoms with van der Waals surface area (Å²) in [5.74, 6) is 2.57. The van der Waals surface area contributed by atoms with E-state index in [0.29, 0.717) is 0 Å². The van der Waals surface area contributed by atoms with E-state index in [-0.39, 0.29) is 0 Å². The Bertz CT molecular complexity index is 489. The molecule has 14 heavy (non-hydrogen) atoms. The predicted molar refractivity (Wildman–Crippen MR) is 56.2 cm³/mol. The first-order valence-corrected chi connectivity index (χ1v) is 4.36. The topological polar surface area (TPSA) is 17.8 Å². The van der Waals surface area contributed by atoms with Crippen LogP contribution in [0.5, 0.6) is 0 Å². The van der Waals surface area contributed by atoms with Gasteiger partial charge in [-0.05, 0) is 24.6 Å². The van der Waals surface area contributed by atoms with Crippen molar-refractivity contribution in [2.24, 2.45) is 0 Å². The highest BCUT2D eigenvalue weighted by atomic mass is 15.0. The van der Waals surface area contributed by atoms with E-state index in [1.54, 1.807) is 12.4 Å². The van der Waals surface area contributed by atoms with Gasteiger partial charge in [-0.2, -0.15) is 0 Å². The number of aromatic nitrogens is 2. The van der Waals surface area contributed by atoms with E-state index < -0.39 is 0 Å². The fourth-order valence-corrected chi connectivity index (χ4v) is 1.31. The number of hydrogen-bond acceptors (Lipinski definition) is 1. The van der Waals surface area contributed by atoms with Crippen LogP contribution in [-0.2, 0) is 0 Å². The average molecular weight is 182 g/mol. The lowest BCUT2D eigenvalue weighted by Gasteiger charge is -2.01. The Kier molecular flexibility index (Phi) is 2.08. The molecule has 2 aromatic rings. The summed E-state index contributed by atoms with van der Waals surface area (Å²) in [5, 5.41) is 0. The Hall–Kier alpha value is -2.01. The van der Waals surface area contributed by atoms with E-state index in [4.69, 9.17) is 6.42 Å². The molecule has 2 nitrogen and oxygen atoms in total. The van der Waals surface area contributed by atoms with Crippen molar-refractivity contribution in [2.45, 2.75) is 6.92 Å². The van der Waals surface area contributed by atoms with Gasteiger partial charge >= 0.3 is 0 Å². The summed E-state index contributed by atoms with van der Waals surface area (Å²) in [6.07, 6.45) is 12.8. The third-order valence-corrected chi connectivity index (χ3v) is 2.03. The number of hydrogen-bond donors (Lipinski definition) is 0. The van der Waals surface area contributed by atoms with Crippen molar-refractivity contribution in [3.05, 3.63) is 48.0 Å². The largest absolute Gasteiger partial charge is 0.322 e. The van der Waals surface area contributed by atoms with Gasteiger partial charge in [-0.25, -0.2) is 0 Å². The number of pyridine rings is 1. The maximum Gasteiger partial charge on any atom is 0.0646 e. The van der Waals surface area contributed by atoms with Crippen molar-refractivity contribution in [1.82, 2.24) is 9.55 Å². The molecule has 0 aliphatic rings. The van der Waals surface area contributed by atoms with Crippen molar-refractivity contribution in [3.8, 4) is 18.0 Å². The third-order valence-electron chi connectivity index (χ3n) is 2.03. The number of nitrogens with zero attached hydrogens (tertiary/aromatic N) is 2. The molecule has 0 saturated heterocycles. The molecule has 0 aliphatic heterocycles. The summed E-state index contributed by atoms with van der Waals surface area (Å²) in [5.41, 5.74) is 3.01. The summed E-state index contributed by atoms with van der Waals surface area (Å²) in [6.45, 7) is 2.05. The second-order valence-electron chi connectivity index (χ2n) is 3.17. The molecule has 2 rings (SSSR count). The van der Waals surface area contributed by atoms with E-state index in [1.165, 1.54) is 5.56 Å². The standard InChI is InChI=1S/C12H10N2/c1-3-11-6-12(8-13-7-11)14-5-4-10(2)9-14/h1,4-9H,2H3. The van der Waals surface area contributed by atoms with Gasteiger partial charge in [-0.3, -0.25) is 4.98 Å². The van der Waals surface area contributed by atoms with Gasteiger partial charge in [0, 0.05) is 24.2 Å². The highest BCUT2D eigenvalue weighted by Crippen LogP contribution is 2.10. The normalized spacial score (nSPS) is 9.71. The van der Waals surface area contributed by atoms with Crippen LogP contribution in [0.25, 0.3) is 5.69 Å². The lowest BCUT2D eigenvalue weighted by atomic mass is 10.3. The molecule has 0 aromatic carbocycles. The molecule has 0 amide bonds. The number of terminal acetylenes is 1. The number of rotatable bonds is 1. The zero-order chi connectivity index (χ0) is 9.97. The molecule has 0 fully saturated rings. The van der Waals surface area contributed by atoms with Crippen molar-refractivity contribution in [2.75, 3.05) is 0 Å². The van der Waals surface area contributed by atoms with Gasteiger partial charge < -0.3 is 4.57 Å². The van der Waals surface area contributed by atoms with E-state index in [1.807, 2.05) is 29.1 Å². The first-order valence-electron chi connectivity index (χ1n) is 4.36. The summed E-state index contributed by atoms with van der Waals surface area (Å²) >= 11 is 0. The molecule has 0 saturated carbocycles. The van der Waals surface area contributed by atoms with Gasteiger partial charge in [0.1, 0.15) is 0 Å². The van der Waals surface area contributed by atoms with E-state index >= 15 is 0 Å². The third kappa shape index (κ3) is 1.53. The lowest BCUT2D eigenvalue weighted by molar-refractivity contribution is 1.05.